The Hall–Kier alpha value is -2.85. The van der Waals surface area contributed by atoms with Gasteiger partial charge in [0.05, 0.1) is 23.4 Å². The monoisotopic (exact) mass is 433 g/mol. The van der Waals surface area contributed by atoms with Crippen LogP contribution in [0.5, 0.6) is 5.75 Å². The number of carbonyl (C=O) groups is 2. The maximum atomic E-state index is 13.0. The van der Waals surface area contributed by atoms with Crippen molar-refractivity contribution < 1.29 is 27.2 Å². The number of rotatable bonds is 5. The van der Waals surface area contributed by atoms with Crippen LogP contribution in [0.2, 0.25) is 0 Å². The minimum atomic E-state index is -3.74. The average molecular weight is 433 g/mol. The standard InChI is InChI=1S/C20H23N3O6S/c1-13-19(24)22-17-11-16(4-5-18(17)29-13)30(26,27)23-8-6-14(7-9-23)20(25)21-12-15-3-2-10-28-15/h2-5,10-11,13-14H,6-9,12H2,1H3,(H,21,25)(H,22,24)/t13-/m0/s1. The number of carbonyl (C=O) groups excluding carboxylic acids is 2. The normalized spacial score (nSPS) is 20.2. The van der Waals surface area contributed by atoms with Crippen LogP contribution in [-0.4, -0.2) is 43.7 Å². The van der Waals surface area contributed by atoms with Gasteiger partial charge >= 0.3 is 0 Å². The van der Waals surface area contributed by atoms with Crippen LogP contribution in [0.4, 0.5) is 5.69 Å². The van der Waals surface area contributed by atoms with Gasteiger partial charge in [0.25, 0.3) is 5.91 Å². The van der Waals surface area contributed by atoms with Crippen molar-refractivity contribution in [3.63, 3.8) is 0 Å². The van der Waals surface area contributed by atoms with Crippen LogP contribution in [-0.2, 0) is 26.2 Å². The first-order valence-electron chi connectivity index (χ1n) is 9.76. The number of anilines is 1. The van der Waals surface area contributed by atoms with Gasteiger partial charge in [0, 0.05) is 19.0 Å². The molecule has 10 heteroatoms. The molecule has 1 aromatic heterocycles. The molecule has 2 aromatic rings. The van der Waals surface area contributed by atoms with E-state index in [2.05, 4.69) is 10.6 Å². The van der Waals surface area contributed by atoms with E-state index in [-0.39, 0.29) is 35.7 Å². The number of ether oxygens (including phenoxy) is 1. The smallest absolute Gasteiger partial charge is 0.265 e. The largest absolute Gasteiger partial charge is 0.479 e. The predicted octanol–water partition coefficient (Wildman–Crippen LogP) is 1.72. The number of nitrogens with one attached hydrogen (secondary N) is 2. The van der Waals surface area contributed by atoms with Crippen molar-refractivity contribution in [3.8, 4) is 5.75 Å². The Labute approximate surface area is 174 Å². The molecule has 4 rings (SSSR count). The van der Waals surface area contributed by atoms with Gasteiger partial charge in [-0.1, -0.05) is 0 Å². The molecule has 3 heterocycles. The Morgan fingerprint density at radius 1 is 1.27 bits per heavy atom. The van der Waals surface area contributed by atoms with Gasteiger partial charge in [0.15, 0.2) is 6.10 Å². The van der Waals surface area contributed by atoms with E-state index >= 15 is 0 Å². The summed E-state index contributed by atoms with van der Waals surface area (Å²) in [5, 5.41) is 5.49. The van der Waals surface area contributed by atoms with Crippen LogP contribution in [0, 0.1) is 5.92 Å². The zero-order valence-corrected chi connectivity index (χ0v) is 17.3. The maximum Gasteiger partial charge on any atom is 0.265 e. The summed E-state index contributed by atoms with van der Waals surface area (Å²) >= 11 is 0. The molecule has 1 atom stereocenters. The number of sulfonamides is 1. The summed E-state index contributed by atoms with van der Waals surface area (Å²) in [6.45, 7) is 2.43. The number of benzene rings is 1. The fourth-order valence-electron chi connectivity index (χ4n) is 3.59. The first kappa shape index (κ1) is 20.4. The third-order valence-corrected chi connectivity index (χ3v) is 7.26. The SMILES string of the molecule is C[C@@H]1Oc2ccc(S(=O)(=O)N3CCC(C(=O)NCc4ccco4)CC3)cc2NC1=O. The third-order valence-electron chi connectivity index (χ3n) is 5.36. The van der Waals surface area contributed by atoms with Gasteiger partial charge < -0.3 is 19.8 Å². The van der Waals surface area contributed by atoms with Gasteiger partial charge in [-0.2, -0.15) is 4.31 Å². The minimum absolute atomic E-state index is 0.0837. The van der Waals surface area contributed by atoms with Crippen LogP contribution in [0.15, 0.2) is 45.9 Å². The van der Waals surface area contributed by atoms with Gasteiger partial charge in [-0.05, 0) is 50.1 Å². The molecule has 2 N–H and O–H groups in total. The van der Waals surface area contributed by atoms with Gasteiger partial charge in [0.1, 0.15) is 11.5 Å². The summed E-state index contributed by atoms with van der Waals surface area (Å²) < 4.78 is 38.1. The highest BCUT2D eigenvalue weighted by atomic mass is 32.2. The highest BCUT2D eigenvalue weighted by Gasteiger charge is 2.33. The molecule has 30 heavy (non-hydrogen) atoms. The second-order valence-electron chi connectivity index (χ2n) is 7.38. The molecular weight excluding hydrogens is 410 g/mol. The van der Waals surface area contributed by atoms with E-state index in [4.69, 9.17) is 9.15 Å². The predicted molar refractivity (Wildman–Crippen MR) is 107 cm³/mol. The van der Waals surface area contributed by atoms with Crippen molar-refractivity contribution >= 4 is 27.5 Å². The van der Waals surface area contributed by atoms with Crippen LogP contribution >= 0.6 is 0 Å². The van der Waals surface area contributed by atoms with E-state index in [9.17, 15) is 18.0 Å². The lowest BCUT2D eigenvalue weighted by Crippen LogP contribution is -2.43. The van der Waals surface area contributed by atoms with Crippen molar-refractivity contribution in [3.05, 3.63) is 42.4 Å². The van der Waals surface area contributed by atoms with Crippen LogP contribution in [0.1, 0.15) is 25.5 Å². The van der Waals surface area contributed by atoms with E-state index in [0.29, 0.717) is 36.6 Å². The quantitative estimate of drug-likeness (QED) is 0.741. The molecule has 2 amide bonds. The topological polar surface area (TPSA) is 118 Å². The van der Waals surface area contributed by atoms with E-state index in [1.807, 2.05) is 0 Å². The van der Waals surface area contributed by atoms with Crippen LogP contribution in [0.3, 0.4) is 0 Å². The summed E-state index contributed by atoms with van der Waals surface area (Å²) in [4.78, 5) is 24.3. The molecule has 0 bridgehead atoms. The Morgan fingerprint density at radius 2 is 2.03 bits per heavy atom. The van der Waals surface area contributed by atoms with E-state index < -0.39 is 16.1 Å². The summed E-state index contributed by atoms with van der Waals surface area (Å²) in [6, 6.07) is 7.97. The second kappa shape index (κ2) is 8.11. The Morgan fingerprint density at radius 3 is 2.73 bits per heavy atom. The molecule has 0 radical (unpaired) electrons. The van der Waals surface area contributed by atoms with Crippen LogP contribution in [0.25, 0.3) is 0 Å². The van der Waals surface area contributed by atoms with Crippen molar-refractivity contribution in [2.24, 2.45) is 5.92 Å². The highest BCUT2D eigenvalue weighted by molar-refractivity contribution is 7.89. The molecular formula is C20H23N3O6S. The minimum Gasteiger partial charge on any atom is -0.479 e. The highest BCUT2D eigenvalue weighted by Crippen LogP contribution is 2.33. The number of hydrogen-bond donors (Lipinski definition) is 2. The lowest BCUT2D eigenvalue weighted by Gasteiger charge is -2.31. The maximum absolute atomic E-state index is 13.0. The summed E-state index contributed by atoms with van der Waals surface area (Å²) in [6.07, 6.45) is 1.79. The summed E-state index contributed by atoms with van der Waals surface area (Å²) in [5.74, 6) is 0.433. The molecule has 0 aliphatic carbocycles. The molecule has 9 nitrogen and oxygen atoms in total. The average Bonchev–Trinajstić information content (AvgIpc) is 3.26. The Bertz CT molecular complexity index is 1040. The van der Waals surface area contributed by atoms with Gasteiger partial charge in [-0.3, -0.25) is 9.59 Å². The second-order valence-corrected chi connectivity index (χ2v) is 9.32. The number of nitrogens with zero attached hydrogens (tertiary/aromatic N) is 1. The van der Waals surface area contributed by atoms with Gasteiger partial charge in [-0.15, -0.1) is 0 Å². The number of piperidine rings is 1. The van der Waals surface area contributed by atoms with Gasteiger partial charge in [-0.25, -0.2) is 8.42 Å². The number of hydrogen-bond acceptors (Lipinski definition) is 6. The molecule has 2 aliphatic heterocycles. The zero-order chi connectivity index (χ0) is 21.3. The fourth-order valence-corrected chi connectivity index (χ4v) is 5.08. The molecule has 1 saturated heterocycles. The lowest BCUT2D eigenvalue weighted by atomic mass is 9.97. The van der Waals surface area contributed by atoms with Gasteiger partial charge in [0.2, 0.25) is 15.9 Å². The Kier molecular flexibility index (Phi) is 5.52. The zero-order valence-electron chi connectivity index (χ0n) is 16.5. The van der Waals surface area contributed by atoms with Crippen molar-refractivity contribution in [1.29, 1.82) is 0 Å². The third kappa shape index (κ3) is 4.05. The molecule has 1 aromatic carbocycles. The molecule has 160 valence electrons. The molecule has 1 fully saturated rings. The molecule has 0 spiro atoms. The summed E-state index contributed by atoms with van der Waals surface area (Å²) in [5.41, 5.74) is 0.339. The first-order chi connectivity index (χ1) is 14.3. The molecule has 0 unspecified atom stereocenters. The first-order valence-corrected chi connectivity index (χ1v) is 11.2. The fraction of sp³-hybridized carbons (Fsp3) is 0.400. The van der Waals surface area contributed by atoms with Crippen molar-refractivity contribution in [2.45, 2.75) is 37.3 Å². The molecule has 2 aliphatic rings. The van der Waals surface area contributed by atoms with Crippen molar-refractivity contribution in [2.75, 3.05) is 18.4 Å². The number of furan rings is 1. The van der Waals surface area contributed by atoms with E-state index in [1.165, 1.54) is 16.4 Å². The summed E-state index contributed by atoms with van der Waals surface area (Å²) in [7, 11) is -3.74. The lowest BCUT2D eigenvalue weighted by molar-refractivity contribution is -0.126. The molecule has 0 saturated carbocycles. The van der Waals surface area contributed by atoms with E-state index in [1.54, 1.807) is 31.4 Å². The van der Waals surface area contributed by atoms with Crippen LogP contribution < -0.4 is 15.4 Å². The van der Waals surface area contributed by atoms with E-state index in [0.717, 1.165) is 0 Å². The number of amides is 2. The Balaban J connectivity index is 1.38. The van der Waals surface area contributed by atoms with Crippen molar-refractivity contribution in [1.82, 2.24) is 9.62 Å². The number of fused-ring (bicyclic) bond motifs is 1.